The number of halogens is 1. The van der Waals surface area contributed by atoms with Crippen LogP contribution in [0.3, 0.4) is 0 Å². The Morgan fingerprint density at radius 3 is 2.89 bits per heavy atom. The van der Waals surface area contributed by atoms with Crippen LogP contribution in [0.15, 0.2) is 24.5 Å². The van der Waals surface area contributed by atoms with Crippen molar-refractivity contribution in [2.45, 2.75) is 39.2 Å². The van der Waals surface area contributed by atoms with E-state index in [1.165, 1.54) is 0 Å². The molecule has 0 saturated carbocycles. The van der Waals surface area contributed by atoms with E-state index in [1.54, 1.807) is 6.20 Å². The van der Waals surface area contributed by atoms with Crippen molar-refractivity contribution in [3.8, 4) is 0 Å². The molecule has 0 aliphatic carbocycles. The van der Waals surface area contributed by atoms with Gasteiger partial charge in [-0.3, -0.25) is 14.6 Å². The van der Waals surface area contributed by atoms with E-state index in [0.29, 0.717) is 13.1 Å². The Balaban J connectivity index is 0.00000261. The fourth-order valence-corrected chi connectivity index (χ4v) is 3.94. The monoisotopic (exact) mass is 394 g/mol. The van der Waals surface area contributed by atoms with Crippen LogP contribution in [-0.4, -0.2) is 59.3 Å². The maximum atomic E-state index is 13.3. The highest BCUT2D eigenvalue weighted by molar-refractivity contribution is 5.85. The Kier molecular flexibility index (Phi) is 8.05. The van der Waals surface area contributed by atoms with Gasteiger partial charge in [0, 0.05) is 51.0 Å². The van der Waals surface area contributed by atoms with Crippen LogP contribution >= 0.6 is 12.4 Å². The third-order valence-corrected chi connectivity index (χ3v) is 5.71. The fourth-order valence-electron chi connectivity index (χ4n) is 3.94. The first kappa shape index (κ1) is 21.6. The SMILES string of the molecule is CCC(C)C(=O)N1CCCC(C(=O)N2CCNCC2c2cccnc2)C1.Cl. The molecular weight excluding hydrogens is 364 g/mol. The molecule has 150 valence electrons. The molecule has 0 bridgehead atoms. The Bertz CT molecular complexity index is 628. The summed E-state index contributed by atoms with van der Waals surface area (Å²) in [6.45, 7) is 7.61. The molecule has 1 aromatic heterocycles. The third-order valence-electron chi connectivity index (χ3n) is 5.71. The number of nitrogens with one attached hydrogen (secondary N) is 1. The van der Waals surface area contributed by atoms with Gasteiger partial charge in [-0.1, -0.05) is 19.9 Å². The number of nitrogens with zero attached hydrogens (tertiary/aromatic N) is 3. The van der Waals surface area contributed by atoms with E-state index >= 15 is 0 Å². The molecule has 2 aliphatic rings. The van der Waals surface area contributed by atoms with Gasteiger partial charge in [-0.2, -0.15) is 0 Å². The van der Waals surface area contributed by atoms with E-state index < -0.39 is 0 Å². The highest BCUT2D eigenvalue weighted by atomic mass is 35.5. The van der Waals surface area contributed by atoms with Crippen molar-refractivity contribution in [3.63, 3.8) is 0 Å². The van der Waals surface area contributed by atoms with E-state index in [2.05, 4.69) is 10.3 Å². The lowest BCUT2D eigenvalue weighted by atomic mass is 9.93. The van der Waals surface area contributed by atoms with Crippen molar-refractivity contribution in [2.24, 2.45) is 11.8 Å². The quantitative estimate of drug-likeness (QED) is 0.850. The Labute approximate surface area is 168 Å². The number of carbonyl (C=O) groups excluding carboxylic acids is 2. The number of piperazine rings is 1. The molecule has 3 unspecified atom stereocenters. The summed E-state index contributed by atoms with van der Waals surface area (Å²) in [5.41, 5.74) is 1.07. The summed E-state index contributed by atoms with van der Waals surface area (Å²) < 4.78 is 0. The van der Waals surface area contributed by atoms with Crippen LogP contribution < -0.4 is 5.32 Å². The van der Waals surface area contributed by atoms with Crippen LogP contribution in [0.2, 0.25) is 0 Å². The first-order valence-corrected chi connectivity index (χ1v) is 9.81. The summed E-state index contributed by atoms with van der Waals surface area (Å²) >= 11 is 0. The Hall–Kier alpha value is -1.66. The zero-order valence-corrected chi connectivity index (χ0v) is 17.1. The molecule has 0 radical (unpaired) electrons. The molecule has 3 heterocycles. The van der Waals surface area contributed by atoms with E-state index in [9.17, 15) is 9.59 Å². The lowest BCUT2D eigenvalue weighted by Gasteiger charge is -2.41. The van der Waals surface area contributed by atoms with E-state index in [-0.39, 0.29) is 42.1 Å². The number of carbonyl (C=O) groups is 2. The average Bonchev–Trinajstić information content (AvgIpc) is 2.72. The molecule has 0 aromatic carbocycles. The van der Waals surface area contributed by atoms with E-state index in [0.717, 1.165) is 44.5 Å². The number of rotatable bonds is 4. The van der Waals surface area contributed by atoms with Crippen LogP contribution in [-0.2, 0) is 9.59 Å². The van der Waals surface area contributed by atoms with Gasteiger partial charge in [0.2, 0.25) is 11.8 Å². The van der Waals surface area contributed by atoms with Gasteiger partial charge in [0.15, 0.2) is 0 Å². The molecule has 2 aliphatic heterocycles. The predicted molar refractivity (Wildman–Crippen MR) is 108 cm³/mol. The van der Waals surface area contributed by atoms with Crippen LogP contribution in [0.25, 0.3) is 0 Å². The van der Waals surface area contributed by atoms with Crippen LogP contribution in [0.4, 0.5) is 0 Å². The highest BCUT2D eigenvalue weighted by Gasteiger charge is 2.36. The van der Waals surface area contributed by atoms with Crippen molar-refractivity contribution in [2.75, 3.05) is 32.7 Å². The second-order valence-corrected chi connectivity index (χ2v) is 7.47. The maximum absolute atomic E-state index is 13.3. The van der Waals surface area contributed by atoms with Gasteiger partial charge in [0.1, 0.15) is 0 Å². The molecule has 2 amide bonds. The topological polar surface area (TPSA) is 65.5 Å². The van der Waals surface area contributed by atoms with Crippen LogP contribution in [0.1, 0.15) is 44.7 Å². The third kappa shape index (κ3) is 4.99. The molecule has 3 atom stereocenters. The molecule has 6 nitrogen and oxygen atoms in total. The van der Waals surface area contributed by atoms with Crippen molar-refractivity contribution < 1.29 is 9.59 Å². The van der Waals surface area contributed by atoms with Gasteiger partial charge in [0.05, 0.1) is 12.0 Å². The minimum absolute atomic E-state index is 0. The minimum Gasteiger partial charge on any atom is -0.342 e. The van der Waals surface area contributed by atoms with Crippen LogP contribution in [0.5, 0.6) is 0 Å². The Morgan fingerprint density at radius 2 is 2.19 bits per heavy atom. The minimum atomic E-state index is -0.0889. The summed E-state index contributed by atoms with van der Waals surface area (Å²) in [5, 5.41) is 3.38. The number of likely N-dealkylation sites (tertiary alicyclic amines) is 1. The van der Waals surface area contributed by atoms with Gasteiger partial charge >= 0.3 is 0 Å². The second-order valence-electron chi connectivity index (χ2n) is 7.47. The summed E-state index contributed by atoms with van der Waals surface area (Å²) in [7, 11) is 0. The lowest BCUT2D eigenvalue weighted by molar-refractivity contribution is -0.144. The first-order valence-electron chi connectivity index (χ1n) is 9.81. The van der Waals surface area contributed by atoms with E-state index in [4.69, 9.17) is 0 Å². The number of pyridine rings is 1. The molecule has 0 spiro atoms. The lowest BCUT2D eigenvalue weighted by Crippen LogP contribution is -2.53. The second kappa shape index (κ2) is 10.0. The number of amides is 2. The van der Waals surface area contributed by atoms with Crippen molar-refractivity contribution in [3.05, 3.63) is 30.1 Å². The van der Waals surface area contributed by atoms with E-state index in [1.807, 2.05) is 42.0 Å². The molecule has 27 heavy (non-hydrogen) atoms. The first-order chi connectivity index (χ1) is 12.6. The molecule has 2 fully saturated rings. The van der Waals surface area contributed by atoms with Crippen molar-refractivity contribution in [1.82, 2.24) is 20.1 Å². The van der Waals surface area contributed by atoms with Gasteiger partial charge in [-0.25, -0.2) is 0 Å². The predicted octanol–water partition coefficient (Wildman–Crippen LogP) is 2.26. The molecular formula is C20H31ClN4O2. The zero-order valence-electron chi connectivity index (χ0n) is 16.3. The fraction of sp³-hybridized carbons (Fsp3) is 0.650. The molecule has 7 heteroatoms. The smallest absolute Gasteiger partial charge is 0.228 e. The van der Waals surface area contributed by atoms with Crippen molar-refractivity contribution >= 4 is 24.2 Å². The molecule has 1 N–H and O–H groups in total. The normalized spacial score (nSPS) is 24.1. The summed E-state index contributed by atoms with van der Waals surface area (Å²) in [6, 6.07) is 3.97. The number of hydrogen-bond donors (Lipinski definition) is 1. The highest BCUT2D eigenvalue weighted by Crippen LogP contribution is 2.27. The number of hydrogen-bond acceptors (Lipinski definition) is 4. The molecule has 3 rings (SSSR count). The molecule has 1 aromatic rings. The average molecular weight is 395 g/mol. The standard InChI is InChI=1S/C20H30N4O2.ClH/c1-3-15(2)19(25)23-10-5-7-17(14-23)20(26)24-11-9-22-13-18(24)16-6-4-8-21-12-16;/h4,6,8,12,15,17-18,22H,3,5,7,9-11,13-14H2,1-2H3;1H. The van der Waals surface area contributed by atoms with Crippen LogP contribution in [0, 0.1) is 11.8 Å². The van der Waals surface area contributed by atoms with Crippen molar-refractivity contribution in [1.29, 1.82) is 0 Å². The zero-order chi connectivity index (χ0) is 18.5. The Morgan fingerprint density at radius 1 is 1.37 bits per heavy atom. The van der Waals surface area contributed by atoms with Gasteiger partial charge in [0.25, 0.3) is 0 Å². The largest absolute Gasteiger partial charge is 0.342 e. The van der Waals surface area contributed by atoms with Gasteiger partial charge in [-0.05, 0) is 30.9 Å². The maximum Gasteiger partial charge on any atom is 0.228 e. The number of aromatic nitrogens is 1. The van der Waals surface area contributed by atoms with Gasteiger partial charge < -0.3 is 15.1 Å². The van der Waals surface area contributed by atoms with Gasteiger partial charge in [-0.15, -0.1) is 12.4 Å². The number of piperidine rings is 1. The summed E-state index contributed by atoms with van der Waals surface area (Å²) in [4.78, 5) is 33.9. The molecule has 2 saturated heterocycles. The summed E-state index contributed by atoms with van der Waals surface area (Å²) in [6.07, 6.45) is 6.22. The summed E-state index contributed by atoms with van der Waals surface area (Å²) in [5.74, 6) is 0.316.